The predicted molar refractivity (Wildman–Crippen MR) is 87.7 cm³/mol. The van der Waals surface area contributed by atoms with E-state index in [1.807, 2.05) is 27.8 Å². The van der Waals surface area contributed by atoms with Gasteiger partial charge in [0.15, 0.2) is 6.61 Å². The number of esters is 1. The van der Waals surface area contributed by atoms with Crippen LogP contribution in [-0.4, -0.2) is 45.8 Å². The van der Waals surface area contributed by atoms with Crippen molar-refractivity contribution < 1.29 is 14.3 Å². The van der Waals surface area contributed by atoms with Crippen molar-refractivity contribution in [2.24, 2.45) is 7.05 Å². The van der Waals surface area contributed by atoms with E-state index in [0.717, 1.165) is 42.8 Å². The second-order valence-corrected chi connectivity index (χ2v) is 6.08. The molecule has 2 rings (SSSR count). The van der Waals surface area contributed by atoms with Gasteiger partial charge in [-0.05, 0) is 46.1 Å². The maximum absolute atomic E-state index is 12.1. The topological polar surface area (TPSA) is 64.4 Å². The monoisotopic (exact) mass is 319 g/mol. The van der Waals surface area contributed by atoms with Crippen LogP contribution in [0.2, 0.25) is 0 Å². The van der Waals surface area contributed by atoms with Crippen LogP contribution in [0.4, 0.5) is 0 Å². The number of likely N-dealkylation sites (tertiary alicyclic amines) is 1. The first kappa shape index (κ1) is 17.2. The number of rotatable bonds is 4. The number of ether oxygens (including phenoxy) is 1. The van der Waals surface area contributed by atoms with E-state index < -0.39 is 5.97 Å². The Morgan fingerprint density at radius 3 is 2.70 bits per heavy atom. The van der Waals surface area contributed by atoms with Crippen LogP contribution in [0.5, 0.6) is 0 Å². The Labute approximate surface area is 137 Å². The first-order chi connectivity index (χ1) is 10.9. The minimum Gasteiger partial charge on any atom is -0.452 e. The number of aryl methyl sites for hydroxylation is 2. The van der Waals surface area contributed by atoms with Crippen molar-refractivity contribution in [1.82, 2.24) is 14.7 Å². The third-order valence-corrected chi connectivity index (χ3v) is 4.41. The highest BCUT2D eigenvalue weighted by Crippen LogP contribution is 2.16. The third kappa shape index (κ3) is 4.21. The molecule has 1 aromatic heterocycles. The molecule has 1 aliphatic heterocycles. The number of aromatic nitrogens is 2. The van der Waals surface area contributed by atoms with Gasteiger partial charge in [0.2, 0.25) is 0 Å². The summed E-state index contributed by atoms with van der Waals surface area (Å²) in [7, 11) is 1.86. The summed E-state index contributed by atoms with van der Waals surface area (Å²) in [5, 5.41) is 4.28. The van der Waals surface area contributed by atoms with E-state index in [1.54, 1.807) is 15.7 Å². The normalized spacial score (nSPS) is 18.4. The summed E-state index contributed by atoms with van der Waals surface area (Å²) in [6.07, 6.45) is 6.22. The Bertz CT molecular complexity index is 619. The molecule has 1 amide bonds. The zero-order valence-corrected chi connectivity index (χ0v) is 14.3. The van der Waals surface area contributed by atoms with E-state index in [-0.39, 0.29) is 18.6 Å². The van der Waals surface area contributed by atoms with Gasteiger partial charge in [0.25, 0.3) is 5.91 Å². The lowest BCUT2D eigenvalue weighted by molar-refractivity contribution is -0.149. The molecule has 6 nitrogen and oxygen atoms in total. The van der Waals surface area contributed by atoms with E-state index >= 15 is 0 Å². The number of amides is 1. The summed E-state index contributed by atoms with van der Waals surface area (Å²) in [5.41, 5.74) is 2.73. The summed E-state index contributed by atoms with van der Waals surface area (Å²) in [6, 6.07) is 0.228. The maximum Gasteiger partial charge on any atom is 0.331 e. The molecular weight excluding hydrogens is 294 g/mol. The average molecular weight is 319 g/mol. The van der Waals surface area contributed by atoms with Crippen molar-refractivity contribution in [3.8, 4) is 0 Å². The van der Waals surface area contributed by atoms with Gasteiger partial charge in [-0.3, -0.25) is 9.48 Å². The summed E-state index contributed by atoms with van der Waals surface area (Å²) in [5.74, 6) is -0.627. The number of carbonyl (C=O) groups is 2. The number of piperidine rings is 1. The first-order valence-corrected chi connectivity index (χ1v) is 8.04. The number of hydrogen-bond donors (Lipinski definition) is 0. The average Bonchev–Trinajstić information content (AvgIpc) is 2.76. The quantitative estimate of drug-likeness (QED) is 0.629. The van der Waals surface area contributed by atoms with Gasteiger partial charge in [0, 0.05) is 37.0 Å². The zero-order chi connectivity index (χ0) is 17.0. The summed E-state index contributed by atoms with van der Waals surface area (Å²) < 4.78 is 6.83. The molecule has 1 saturated heterocycles. The van der Waals surface area contributed by atoms with Crippen LogP contribution in [0.1, 0.15) is 43.1 Å². The number of nitrogens with zero attached hydrogens (tertiary/aromatic N) is 3. The Hall–Kier alpha value is -2.11. The van der Waals surface area contributed by atoms with Gasteiger partial charge in [-0.15, -0.1) is 0 Å². The summed E-state index contributed by atoms with van der Waals surface area (Å²) in [4.78, 5) is 25.7. The van der Waals surface area contributed by atoms with Crippen LogP contribution in [0.15, 0.2) is 6.08 Å². The Morgan fingerprint density at radius 1 is 1.35 bits per heavy atom. The van der Waals surface area contributed by atoms with Crippen molar-refractivity contribution in [3.05, 3.63) is 23.0 Å². The molecule has 0 saturated carbocycles. The SMILES string of the molecule is Cc1nn(C)c(C)c1/C=C/C(=O)OCC(=O)N1CCCC[C@@H]1C. The second kappa shape index (κ2) is 7.44. The molecule has 23 heavy (non-hydrogen) atoms. The maximum atomic E-state index is 12.1. The van der Waals surface area contributed by atoms with Crippen LogP contribution >= 0.6 is 0 Å². The Kier molecular flexibility index (Phi) is 5.58. The minimum atomic E-state index is -0.509. The molecule has 0 unspecified atom stereocenters. The van der Waals surface area contributed by atoms with Gasteiger partial charge >= 0.3 is 5.97 Å². The standard InChI is InChI=1S/C17H25N3O3/c1-12-7-5-6-10-20(12)16(21)11-23-17(22)9-8-15-13(2)18-19(4)14(15)3/h8-9,12H,5-7,10-11H2,1-4H3/b9-8+/t12-/m0/s1. The molecule has 0 aliphatic carbocycles. The van der Waals surface area contributed by atoms with Gasteiger partial charge in [-0.25, -0.2) is 4.79 Å². The van der Waals surface area contributed by atoms with Crippen molar-refractivity contribution in [2.75, 3.05) is 13.2 Å². The van der Waals surface area contributed by atoms with E-state index in [1.165, 1.54) is 6.08 Å². The van der Waals surface area contributed by atoms with Crippen LogP contribution in [-0.2, 0) is 21.4 Å². The van der Waals surface area contributed by atoms with Gasteiger partial charge in [0.1, 0.15) is 0 Å². The van der Waals surface area contributed by atoms with Gasteiger partial charge < -0.3 is 9.64 Å². The zero-order valence-electron chi connectivity index (χ0n) is 14.3. The fourth-order valence-corrected chi connectivity index (χ4v) is 2.92. The fraction of sp³-hybridized carbons (Fsp3) is 0.588. The van der Waals surface area contributed by atoms with E-state index in [4.69, 9.17) is 4.74 Å². The molecule has 126 valence electrons. The predicted octanol–water partition coefficient (Wildman–Crippen LogP) is 1.99. The molecule has 0 spiro atoms. The molecule has 0 bridgehead atoms. The molecule has 1 fully saturated rings. The third-order valence-electron chi connectivity index (χ3n) is 4.41. The number of hydrogen-bond acceptors (Lipinski definition) is 4. The smallest absolute Gasteiger partial charge is 0.331 e. The van der Waals surface area contributed by atoms with Crippen LogP contribution in [0.3, 0.4) is 0 Å². The lowest BCUT2D eigenvalue weighted by Crippen LogP contribution is -2.44. The van der Waals surface area contributed by atoms with E-state index in [0.29, 0.717) is 0 Å². The summed E-state index contributed by atoms with van der Waals surface area (Å²) >= 11 is 0. The molecule has 1 aromatic rings. The van der Waals surface area contributed by atoms with Crippen molar-refractivity contribution in [3.63, 3.8) is 0 Å². The molecule has 0 N–H and O–H groups in total. The van der Waals surface area contributed by atoms with Gasteiger partial charge in [-0.1, -0.05) is 0 Å². The highest BCUT2D eigenvalue weighted by atomic mass is 16.5. The van der Waals surface area contributed by atoms with Gasteiger partial charge in [0.05, 0.1) is 5.69 Å². The lowest BCUT2D eigenvalue weighted by Gasteiger charge is -2.33. The molecule has 1 atom stereocenters. The van der Waals surface area contributed by atoms with E-state index in [2.05, 4.69) is 5.10 Å². The van der Waals surface area contributed by atoms with Crippen LogP contribution < -0.4 is 0 Å². The summed E-state index contributed by atoms with van der Waals surface area (Å²) in [6.45, 7) is 6.41. The Balaban J connectivity index is 1.87. The lowest BCUT2D eigenvalue weighted by atomic mass is 10.0. The molecule has 1 aliphatic rings. The fourth-order valence-electron chi connectivity index (χ4n) is 2.92. The first-order valence-electron chi connectivity index (χ1n) is 8.04. The molecule has 0 radical (unpaired) electrons. The Morgan fingerprint density at radius 2 is 2.09 bits per heavy atom. The van der Waals surface area contributed by atoms with Crippen molar-refractivity contribution >= 4 is 18.0 Å². The molecular formula is C17H25N3O3. The highest BCUT2D eigenvalue weighted by Gasteiger charge is 2.23. The highest BCUT2D eigenvalue weighted by molar-refractivity contribution is 5.89. The second-order valence-electron chi connectivity index (χ2n) is 6.08. The molecule has 2 heterocycles. The molecule has 0 aromatic carbocycles. The van der Waals surface area contributed by atoms with E-state index in [9.17, 15) is 9.59 Å². The number of carbonyl (C=O) groups excluding carboxylic acids is 2. The molecule has 6 heteroatoms. The van der Waals surface area contributed by atoms with Crippen molar-refractivity contribution in [1.29, 1.82) is 0 Å². The minimum absolute atomic E-state index is 0.118. The van der Waals surface area contributed by atoms with Crippen LogP contribution in [0.25, 0.3) is 6.08 Å². The van der Waals surface area contributed by atoms with Crippen molar-refractivity contribution in [2.45, 2.75) is 46.1 Å². The van der Waals surface area contributed by atoms with Crippen LogP contribution in [0, 0.1) is 13.8 Å². The largest absolute Gasteiger partial charge is 0.452 e. The van der Waals surface area contributed by atoms with Gasteiger partial charge in [-0.2, -0.15) is 5.10 Å².